The van der Waals surface area contributed by atoms with Crippen LogP contribution in [0.1, 0.15) is 25.8 Å². The van der Waals surface area contributed by atoms with Gasteiger partial charge in [-0.05, 0) is 36.7 Å². The fourth-order valence-electron chi connectivity index (χ4n) is 2.44. The maximum Gasteiger partial charge on any atom is 0.178 e. The summed E-state index contributed by atoms with van der Waals surface area (Å²) in [6, 6.07) is 4.27. The first kappa shape index (κ1) is 11.6. The predicted octanol–water partition coefficient (Wildman–Crippen LogP) is 4.98. The van der Waals surface area contributed by atoms with Crippen molar-refractivity contribution >= 4 is 46.5 Å². The summed E-state index contributed by atoms with van der Waals surface area (Å²) >= 11 is 17.5. The summed E-state index contributed by atoms with van der Waals surface area (Å²) in [7, 11) is 0. The van der Waals surface area contributed by atoms with Gasteiger partial charge >= 0.3 is 0 Å². The Morgan fingerprint density at radius 2 is 2.12 bits per heavy atom. The lowest BCUT2D eigenvalue weighted by molar-refractivity contribution is 0.648. The molecule has 0 aliphatic heterocycles. The van der Waals surface area contributed by atoms with E-state index in [9.17, 15) is 0 Å². The van der Waals surface area contributed by atoms with Crippen LogP contribution in [0.2, 0.25) is 10.0 Å². The van der Waals surface area contributed by atoms with Gasteiger partial charge in [0, 0.05) is 6.04 Å². The first-order valence-electron chi connectivity index (χ1n) is 5.71. The van der Waals surface area contributed by atoms with Gasteiger partial charge in [-0.3, -0.25) is 0 Å². The second-order valence-electron chi connectivity index (χ2n) is 4.55. The topological polar surface area (TPSA) is 20.7 Å². The SMILES string of the molecule is CCC1CC1n1c(=S)[nH]c2cc(Cl)c(Cl)cc21. The van der Waals surface area contributed by atoms with Gasteiger partial charge in [0.05, 0.1) is 21.1 Å². The number of imidazole rings is 1. The molecule has 0 amide bonds. The standard InChI is InChI=1S/C12H12Cl2N2S/c1-2-6-3-10(6)16-11-5-8(14)7(13)4-9(11)15-12(16)17/h4-6,10H,2-3H2,1H3,(H,15,17). The Morgan fingerprint density at radius 1 is 1.41 bits per heavy atom. The van der Waals surface area contributed by atoms with E-state index < -0.39 is 0 Å². The van der Waals surface area contributed by atoms with Crippen LogP contribution in [0.4, 0.5) is 0 Å². The van der Waals surface area contributed by atoms with Crippen LogP contribution in [0, 0.1) is 10.7 Å². The lowest BCUT2D eigenvalue weighted by Crippen LogP contribution is -1.95. The summed E-state index contributed by atoms with van der Waals surface area (Å²) < 4.78 is 2.94. The molecular weight excluding hydrogens is 275 g/mol. The zero-order valence-electron chi connectivity index (χ0n) is 9.34. The van der Waals surface area contributed by atoms with Crippen LogP contribution < -0.4 is 0 Å². The summed E-state index contributed by atoms with van der Waals surface area (Å²) in [6.45, 7) is 2.22. The minimum Gasteiger partial charge on any atom is -0.331 e. The van der Waals surface area contributed by atoms with Crippen LogP contribution in [-0.4, -0.2) is 9.55 Å². The van der Waals surface area contributed by atoms with E-state index in [4.69, 9.17) is 35.4 Å². The highest BCUT2D eigenvalue weighted by Crippen LogP contribution is 2.47. The number of fused-ring (bicyclic) bond motifs is 1. The quantitative estimate of drug-likeness (QED) is 0.773. The normalized spacial score (nSPS) is 23.2. The number of hydrogen-bond donors (Lipinski definition) is 1. The van der Waals surface area contributed by atoms with Crippen molar-refractivity contribution in [1.29, 1.82) is 0 Å². The molecule has 1 aliphatic rings. The lowest BCUT2D eigenvalue weighted by atomic mass is 10.3. The van der Waals surface area contributed by atoms with Crippen molar-refractivity contribution in [1.82, 2.24) is 9.55 Å². The van der Waals surface area contributed by atoms with Gasteiger partial charge in [-0.2, -0.15) is 0 Å². The van der Waals surface area contributed by atoms with Crippen molar-refractivity contribution in [3.63, 3.8) is 0 Å². The Morgan fingerprint density at radius 3 is 2.76 bits per heavy atom. The predicted molar refractivity (Wildman–Crippen MR) is 74.6 cm³/mol. The second kappa shape index (κ2) is 4.01. The van der Waals surface area contributed by atoms with E-state index in [1.807, 2.05) is 12.1 Å². The summed E-state index contributed by atoms with van der Waals surface area (Å²) in [4.78, 5) is 3.20. The number of nitrogens with zero attached hydrogens (tertiary/aromatic N) is 1. The van der Waals surface area contributed by atoms with E-state index in [-0.39, 0.29) is 0 Å². The molecule has 0 saturated heterocycles. The van der Waals surface area contributed by atoms with Crippen LogP contribution >= 0.6 is 35.4 Å². The molecule has 0 radical (unpaired) electrons. The number of benzene rings is 1. The Bertz CT molecular complexity index is 644. The molecule has 1 N–H and O–H groups in total. The van der Waals surface area contributed by atoms with Crippen molar-refractivity contribution in [3.8, 4) is 0 Å². The minimum atomic E-state index is 0.526. The fraction of sp³-hybridized carbons (Fsp3) is 0.417. The van der Waals surface area contributed by atoms with Gasteiger partial charge in [-0.15, -0.1) is 0 Å². The molecule has 0 spiro atoms. The smallest absolute Gasteiger partial charge is 0.178 e. The average molecular weight is 287 g/mol. The van der Waals surface area contributed by atoms with Crippen molar-refractivity contribution in [2.75, 3.05) is 0 Å². The highest BCUT2D eigenvalue weighted by Gasteiger charge is 2.38. The molecule has 5 heteroatoms. The lowest BCUT2D eigenvalue weighted by Gasteiger charge is -2.03. The van der Waals surface area contributed by atoms with Gasteiger partial charge < -0.3 is 9.55 Å². The largest absolute Gasteiger partial charge is 0.331 e. The molecule has 3 rings (SSSR count). The van der Waals surface area contributed by atoms with Crippen LogP contribution in [0.25, 0.3) is 11.0 Å². The summed E-state index contributed by atoms with van der Waals surface area (Å²) in [5.41, 5.74) is 2.02. The molecular formula is C12H12Cl2N2S. The number of H-pyrrole nitrogens is 1. The average Bonchev–Trinajstić information content (AvgIpc) is 2.98. The van der Waals surface area contributed by atoms with Crippen molar-refractivity contribution in [3.05, 3.63) is 26.9 Å². The zero-order valence-corrected chi connectivity index (χ0v) is 11.7. The van der Waals surface area contributed by atoms with Crippen molar-refractivity contribution in [2.24, 2.45) is 5.92 Å². The minimum absolute atomic E-state index is 0.526. The molecule has 2 aromatic rings. The van der Waals surface area contributed by atoms with Gasteiger partial charge in [-0.1, -0.05) is 36.5 Å². The molecule has 1 aromatic heterocycles. The maximum absolute atomic E-state index is 6.07. The summed E-state index contributed by atoms with van der Waals surface area (Å²) in [5, 5.41) is 1.14. The van der Waals surface area contributed by atoms with E-state index in [0.717, 1.165) is 21.7 Å². The number of nitrogens with one attached hydrogen (secondary N) is 1. The van der Waals surface area contributed by atoms with Gasteiger partial charge in [-0.25, -0.2) is 0 Å². The first-order chi connectivity index (χ1) is 8.11. The number of rotatable bonds is 2. The van der Waals surface area contributed by atoms with Crippen LogP contribution in [0.15, 0.2) is 12.1 Å². The third-order valence-electron chi connectivity index (χ3n) is 3.50. The third kappa shape index (κ3) is 1.81. The van der Waals surface area contributed by atoms with Gasteiger partial charge in [0.15, 0.2) is 4.77 Å². The van der Waals surface area contributed by atoms with Gasteiger partial charge in [0.1, 0.15) is 0 Å². The maximum atomic E-state index is 6.07. The van der Waals surface area contributed by atoms with Crippen LogP contribution in [0.5, 0.6) is 0 Å². The second-order valence-corrected chi connectivity index (χ2v) is 5.76. The van der Waals surface area contributed by atoms with Crippen molar-refractivity contribution in [2.45, 2.75) is 25.8 Å². The molecule has 1 fully saturated rings. The molecule has 1 saturated carbocycles. The highest BCUT2D eigenvalue weighted by atomic mass is 35.5. The first-order valence-corrected chi connectivity index (χ1v) is 6.87. The summed E-state index contributed by atoms with van der Waals surface area (Å²) in [6.07, 6.45) is 2.40. The molecule has 2 unspecified atom stereocenters. The molecule has 90 valence electrons. The van der Waals surface area contributed by atoms with Gasteiger partial charge in [0.2, 0.25) is 0 Å². The fourth-order valence-corrected chi connectivity index (χ4v) is 3.10. The van der Waals surface area contributed by atoms with E-state index in [1.54, 1.807) is 0 Å². The molecule has 0 bridgehead atoms. The van der Waals surface area contributed by atoms with Gasteiger partial charge in [0.25, 0.3) is 0 Å². The molecule has 1 aliphatic carbocycles. The number of aromatic nitrogens is 2. The van der Waals surface area contributed by atoms with Crippen LogP contribution in [0.3, 0.4) is 0 Å². The Kier molecular flexibility index (Phi) is 2.73. The van der Waals surface area contributed by atoms with Crippen molar-refractivity contribution < 1.29 is 0 Å². The third-order valence-corrected chi connectivity index (χ3v) is 4.52. The molecule has 2 atom stereocenters. The number of halogens is 2. The van der Waals surface area contributed by atoms with E-state index in [0.29, 0.717) is 16.1 Å². The van der Waals surface area contributed by atoms with E-state index >= 15 is 0 Å². The number of aromatic amines is 1. The Balaban J connectivity index is 2.21. The van der Waals surface area contributed by atoms with E-state index in [1.165, 1.54) is 12.8 Å². The van der Waals surface area contributed by atoms with Crippen LogP contribution in [-0.2, 0) is 0 Å². The number of hydrogen-bond acceptors (Lipinski definition) is 1. The zero-order chi connectivity index (χ0) is 12.2. The van der Waals surface area contributed by atoms with E-state index in [2.05, 4.69) is 16.5 Å². The Hall–Kier alpha value is -0.510. The summed E-state index contributed by atoms with van der Waals surface area (Å²) in [5.74, 6) is 0.746. The molecule has 1 aromatic carbocycles. The highest BCUT2D eigenvalue weighted by molar-refractivity contribution is 7.71. The Labute approximate surface area is 115 Å². The molecule has 2 nitrogen and oxygen atoms in total. The monoisotopic (exact) mass is 286 g/mol. The molecule has 1 heterocycles. The molecule has 17 heavy (non-hydrogen) atoms.